The van der Waals surface area contributed by atoms with Gasteiger partial charge in [0.1, 0.15) is 0 Å². The number of hydrogen-bond donors (Lipinski definition) is 5. The smallest absolute Gasteiger partial charge is 0.422 e. The quantitative estimate of drug-likeness (QED) is 0.197. The summed E-state index contributed by atoms with van der Waals surface area (Å²) >= 11 is 5.98. The Morgan fingerprint density at radius 3 is 2.24 bits per heavy atom. The summed E-state index contributed by atoms with van der Waals surface area (Å²) in [6.07, 6.45) is -4.63. The number of alkyl halides is 3. The SMILES string of the molecule is O=C(O)NCCS(=O)(=O)NC(=O)c1ccc(Nc2nc(NC3(c4ccc(Cl)cc4)CC3)nc(OCC(F)(F)F)n2)cc1. The van der Waals surface area contributed by atoms with Gasteiger partial charge in [-0.3, -0.25) is 4.79 Å². The zero-order valence-electron chi connectivity index (χ0n) is 21.4. The van der Waals surface area contributed by atoms with Gasteiger partial charge in [-0.05, 0) is 54.8 Å². The van der Waals surface area contributed by atoms with Crippen LogP contribution in [0.3, 0.4) is 0 Å². The summed E-state index contributed by atoms with van der Waals surface area (Å²) in [5, 5.41) is 16.9. The number of carboxylic acid groups (broad SMARTS) is 1. The predicted octanol–water partition coefficient (Wildman–Crippen LogP) is 3.64. The highest BCUT2D eigenvalue weighted by Crippen LogP contribution is 2.48. The van der Waals surface area contributed by atoms with E-state index < -0.39 is 58.7 Å². The van der Waals surface area contributed by atoms with Gasteiger partial charge in [0.25, 0.3) is 5.91 Å². The summed E-state index contributed by atoms with van der Waals surface area (Å²) in [5.41, 5.74) is 0.594. The summed E-state index contributed by atoms with van der Waals surface area (Å²) in [6, 6.07) is 11.8. The molecule has 0 atom stereocenters. The summed E-state index contributed by atoms with van der Waals surface area (Å²) in [4.78, 5) is 34.9. The van der Waals surface area contributed by atoms with Crippen molar-refractivity contribution < 1.29 is 41.0 Å². The Morgan fingerprint density at radius 2 is 1.64 bits per heavy atom. The zero-order chi connectivity index (χ0) is 30.5. The zero-order valence-corrected chi connectivity index (χ0v) is 23.0. The molecule has 224 valence electrons. The summed E-state index contributed by atoms with van der Waals surface area (Å²) in [7, 11) is -4.12. The number of carbonyl (C=O) groups excluding carboxylic acids is 1. The maximum absolute atomic E-state index is 12.8. The molecule has 1 saturated carbocycles. The van der Waals surface area contributed by atoms with Crippen molar-refractivity contribution in [3.8, 4) is 6.01 Å². The Hall–Kier alpha value is -4.38. The first-order valence-electron chi connectivity index (χ1n) is 12.1. The van der Waals surface area contributed by atoms with Gasteiger partial charge in [-0.2, -0.15) is 28.1 Å². The van der Waals surface area contributed by atoms with Crippen LogP contribution in [0.1, 0.15) is 28.8 Å². The normalized spacial score (nSPS) is 14.0. The predicted molar refractivity (Wildman–Crippen MR) is 144 cm³/mol. The third-order valence-corrected chi connectivity index (χ3v) is 7.27. The molecule has 1 aliphatic rings. The fourth-order valence-corrected chi connectivity index (χ4v) is 4.65. The van der Waals surface area contributed by atoms with Crippen molar-refractivity contribution in [1.82, 2.24) is 25.0 Å². The summed E-state index contributed by atoms with van der Waals surface area (Å²) in [5.74, 6) is -1.82. The van der Waals surface area contributed by atoms with Crippen LogP contribution in [0.4, 0.5) is 35.5 Å². The molecule has 13 nitrogen and oxygen atoms in total. The summed E-state index contributed by atoms with van der Waals surface area (Å²) < 4.78 is 68.9. The van der Waals surface area contributed by atoms with Crippen LogP contribution in [-0.4, -0.2) is 65.6 Å². The van der Waals surface area contributed by atoms with Crippen molar-refractivity contribution in [3.63, 3.8) is 0 Å². The third-order valence-electron chi connectivity index (χ3n) is 5.78. The molecule has 0 bridgehead atoms. The van der Waals surface area contributed by atoms with Crippen LogP contribution in [0.5, 0.6) is 6.01 Å². The highest BCUT2D eigenvalue weighted by atomic mass is 35.5. The standard InChI is InChI=1S/C24H23ClF3N7O6S/c25-16-5-3-15(4-6-16)23(9-10-23)34-20-31-19(32-21(33-20)41-13-24(26,27)28)30-17-7-1-14(2-8-17)18(36)35-42(39,40)12-11-29-22(37)38/h1-8,29H,9-13H2,(H,35,36)(H,37,38)(H2,30,31,32,33,34). The number of anilines is 3. The molecule has 3 aromatic rings. The molecule has 42 heavy (non-hydrogen) atoms. The average molecular weight is 630 g/mol. The number of nitrogens with one attached hydrogen (secondary N) is 4. The number of sulfonamides is 1. The van der Waals surface area contributed by atoms with E-state index in [4.69, 9.17) is 21.4 Å². The topological polar surface area (TPSA) is 185 Å². The first-order valence-corrected chi connectivity index (χ1v) is 14.1. The Balaban J connectivity index is 1.49. The number of amides is 2. The van der Waals surface area contributed by atoms with E-state index in [2.05, 4.69) is 25.6 Å². The first kappa shape index (κ1) is 30.6. The van der Waals surface area contributed by atoms with Crippen LogP contribution in [0.2, 0.25) is 5.02 Å². The van der Waals surface area contributed by atoms with E-state index in [9.17, 15) is 31.2 Å². The van der Waals surface area contributed by atoms with Gasteiger partial charge >= 0.3 is 18.3 Å². The molecular formula is C24H23ClF3N7O6S. The number of hydrogen-bond acceptors (Lipinski definition) is 10. The first-order chi connectivity index (χ1) is 19.7. The van der Waals surface area contributed by atoms with Crippen LogP contribution < -0.4 is 25.4 Å². The maximum atomic E-state index is 12.8. The van der Waals surface area contributed by atoms with E-state index in [0.717, 1.165) is 5.56 Å². The Bertz CT molecular complexity index is 1550. The van der Waals surface area contributed by atoms with Gasteiger partial charge in [-0.1, -0.05) is 23.7 Å². The molecule has 1 fully saturated rings. The van der Waals surface area contributed by atoms with Crippen molar-refractivity contribution in [2.24, 2.45) is 0 Å². The van der Waals surface area contributed by atoms with Crippen molar-refractivity contribution in [1.29, 1.82) is 0 Å². The number of benzene rings is 2. The second kappa shape index (κ2) is 12.2. The Morgan fingerprint density at radius 1 is 1.00 bits per heavy atom. The lowest BCUT2D eigenvalue weighted by Gasteiger charge is -2.19. The lowest BCUT2D eigenvalue weighted by molar-refractivity contribution is -0.154. The second-order valence-electron chi connectivity index (χ2n) is 9.07. The van der Waals surface area contributed by atoms with Crippen molar-refractivity contribution in [3.05, 3.63) is 64.7 Å². The molecule has 1 heterocycles. The number of aromatic nitrogens is 3. The van der Waals surface area contributed by atoms with E-state index in [1.165, 1.54) is 24.3 Å². The molecule has 2 amide bonds. The molecule has 1 aliphatic carbocycles. The van der Waals surface area contributed by atoms with Gasteiger partial charge in [-0.15, -0.1) is 0 Å². The molecular weight excluding hydrogens is 607 g/mol. The van der Waals surface area contributed by atoms with Gasteiger partial charge in [-0.25, -0.2) is 17.9 Å². The van der Waals surface area contributed by atoms with Gasteiger partial charge in [0.2, 0.25) is 21.9 Å². The van der Waals surface area contributed by atoms with Crippen LogP contribution in [0.15, 0.2) is 48.5 Å². The van der Waals surface area contributed by atoms with E-state index in [0.29, 0.717) is 23.6 Å². The van der Waals surface area contributed by atoms with Crippen LogP contribution in [0.25, 0.3) is 0 Å². The molecule has 0 saturated heterocycles. The minimum Gasteiger partial charge on any atom is -0.465 e. The Labute approximate surface area is 241 Å². The number of ether oxygens (including phenoxy) is 1. The average Bonchev–Trinajstić information content (AvgIpc) is 3.67. The minimum absolute atomic E-state index is 0.0406. The van der Waals surface area contributed by atoms with Gasteiger partial charge < -0.3 is 25.8 Å². The maximum Gasteiger partial charge on any atom is 0.422 e. The van der Waals surface area contributed by atoms with Crippen molar-refractivity contribution >= 4 is 51.2 Å². The van der Waals surface area contributed by atoms with Gasteiger partial charge in [0.15, 0.2) is 6.61 Å². The van der Waals surface area contributed by atoms with Gasteiger partial charge in [0.05, 0.1) is 11.3 Å². The molecule has 5 N–H and O–H groups in total. The van der Waals surface area contributed by atoms with E-state index >= 15 is 0 Å². The lowest BCUT2D eigenvalue weighted by atomic mass is 10.1. The van der Waals surface area contributed by atoms with Gasteiger partial charge in [0, 0.05) is 22.8 Å². The Kier molecular flexibility index (Phi) is 8.91. The summed E-state index contributed by atoms with van der Waals surface area (Å²) in [6.45, 7) is -2.05. The number of rotatable bonds is 12. The van der Waals surface area contributed by atoms with Crippen molar-refractivity contribution in [2.45, 2.75) is 24.6 Å². The van der Waals surface area contributed by atoms with E-state index in [-0.39, 0.29) is 17.5 Å². The fraction of sp³-hybridized carbons (Fsp3) is 0.292. The number of carbonyl (C=O) groups is 2. The molecule has 1 aromatic heterocycles. The van der Waals surface area contributed by atoms with Crippen LogP contribution in [0, 0.1) is 0 Å². The molecule has 4 rings (SSSR count). The largest absolute Gasteiger partial charge is 0.465 e. The molecule has 0 unspecified atom stereocenters. The highest BCUT2D eigenvalue weighted by molar-refractivity contribution is 7.90. The van der Waals surface area contributed by atoms with Crippen LogP contribution >= 0.6 is 11.6 Å². The molecule has 0 aliphatic heterocycles. The third kappa shape index (κ3) is 8.81. The fourth-order valence-electron chi connectivity index (χ4n) is 3.65. The minimum atomic E-state index is -4.63. The van der Waals surface area contributed by atoms with Crippen LogP contribution in [-0.2, 0) is 15.6 Å². The molecule has 18 heteroatoms. The number of halogens is 4. The van der Waals surface area contributed by atoms with E-state index in [1.54, 1.807) is 12.1 Å². The lowest BCUT2D eigenvalue weighted by Crippen LogP contribution is -2.37. The molecule has 2 aromatic carbocycles. The molecule has 0 radical (unpaired) electrons. The van der Waals surface area contributed by atoms with E-state index in [1.807, 2.05) is 22.2 Å². The monoisotopic (exact) mass is 629 g/mol. The molecule has 0 spiro atoms. The highest BCUT2D eigenvalue weighted by Gasteiger charge is 2.45. The number of nitrogens with zero attached hydrogens (tertiary/aromatic N) is 3. The van der Waals surface area contributed by atoms with Crippen molar-refractivity contribution in [2.75, 3.05) is 29.5 Å². The second-order valence-corrected chi connectivity index (χ2v) is 11.3.